The van der Waals surface area contributed by atoms with E-state index in [1.165, 1.54) is 57.1 Å². The first kappa shape index (κ1) is 19.3. The maximum atomic E-state index is 8.54. The van der Waals surface area contributed by atoms with Crippen LogP contribution in [0.4, 0.5) is 0 Å². The third-order valence-corrected chi connectivity index (χ3v) is 4.31. The number of hydrogen-bond acceptors (Lipinski definition) is 3. The molecule has 0 spiro atoms. The van der Waals surface area contributed by atoms with Crippen LogP contribution in [0.2, 0.25) is 0 Å². The number of hydrogen-bond donors (Lipinski definition) is 1. The van der Waals surface area contributed by atoms with Crippen LogP contribution in [-0.2, 0) is 4.74 Å². The average molecular weight is 291 g/mol. The minimum absolute atomic E-state index is 0.148. The minimum atomic E-state index is 0.148. The van der Waals surface area contributed by atoms with Crippen molar-refractivity contribution >= 4 is 11.8 Å². The van der Waals surface area contributed by atoms with Gasteiger partial charge in [-0.3, -0.25) is 0 Å². The fourth-order valence-corrected chi connectivity index (χ4v) is 2.87. The van der Waals surface area contributed by atoms with Crippen molar-refractivity contribution in [3.8, 4) is 0 Å². The Labute approximate surface area is 124 Å². The standard InChI is InChI=1S/C16H34O2S/c1-16(2)19-15-11-9-7-5-3-4-6-8-10-13-18-14-12-17/h16-17H,3-15H2,1-2H3. The highest BCUT2D eigenvalue weighted by Gasteiger charge is 1.95. The molecule has 0 aromatic rings. The van der Waals surface area contributed by atoms with Gasteiger partial charge in [-0.05, 0) is 23.8 Å². The van der Waals surface area contributed by atoms with Crippen molar-refractivity contribution in [3.63, 3.8) is 0 Å². The van der Waals surface area contributed by atoms with E-state index in [0.717, 1.165) is 18.3 Å². The molecule has 0 saturated heterocycles. The zero-order valence-electron chi connectivity index (χ0n) is 13.0. The van der Waals surface area contributed by atoms with E-state index in [2.05, 4.69) is 25.6 Å². The van der Waals surface area contributed by atoms with Crippen LogP contribution >= 0.6 is 11.8 Å². The molecule has 2 nitrogen and oxygen atoms in total. The molecule has 19 heavy (non-hydrogen) atoms. The van der Waals surface area contributed by atoms with Crippen LogP contribution in [0.5, 0.6) is 0 Å². The number of rotatable bonds is 15. The fourth-order valence-electron chi connectivity index (χ4n) is 2.03. The number of aliphatic hydroxyl groups excluding tert-OH is 1. The van der Waals surface area contributed by atoms with Crippen molar-refractivity contribution in [1.29, 1.82) is 0 Å². The van der Waals surface area contributed by atoms with Crippen LogP contribution in [0.3, 0.4) is 0 Å². The Balaban J connectivity index is 2.91. The summed E-state index contributed by atoms with van der Waals surface area (Å²) in [5.41, 5.74) is 0. The van der Waals surface area contributed by atoms with Gasteiger partial charge >= 0.3 is 0 Å². The molecule has 0 aliphatic heterocycles. The molecule has 0 aliphatic rings. The van der Waals surface area contributed by atoms with Gasteiger partial charge in [-0.25, -0.2) is 0 Å². The number of aliphatic hydroxyl groups is 1. The molecule has 1 N–H and O–H groups in total. The van der Waals surface area contributed by atoms with Crippen molar-refractivity contribution in [3.05, 3.63) is 0 Å². The topological polar surface area (TPSA) is 29.5 Å². The van der Waals surface area contributed by atoms with Crippen LogP contribution in [0.25, 0.3) is 0 Å². The van der Waals surface area contributed by atoms with Gasteiger partial charge in [0.2, 0.25) is 0 Å². The monoisotopic (exact) mass is 290 g/mol. The summed E-state index contributed by atoms with van der Waals surface area (Å²) in [5.74, 6) is 1.34. The second-order valence-electron chi connectivity index (χ2n) is 5.44. The normalized spacial score (nSPS) is 11.4. The molecule has 3 heteroatoms. The van der Waals surface area contributed by atoms with Gasteiger partial charge in [0, 0.05) is 6.61 Å². The number of unbranched alkanes of at least 4 members (excludes halogenated alkanes) is 8. The molecule has 0 unspecified atom stereocenters. The highest BCUT2D eigenvalue weighted by atomic mass is 32.2. The lowest BCUT2D eigenvalue weighted by Crippen LogP contribution is -2.00. The van der Waals surface area contributed by atoms with E-state index in [0.29, 0.717) is 6.61 Å². The van der Waals surface area contributed by atoms with Gasteiger partial charge in [-0.1, -0.05) is 58.8 Å². The van der Waals surface area contributed by atoms with Gasteiger partial charge in [-0.15, -0.1) is 0 Å². The number of ether oxygens (including phenoxy) is 1. The maximum absolute atomic E-state index is 8.54. The zero-order valence-corrected chi connectivity index (χ0v) is 13.8. The maximum Gasteiger partial charge on any atom is 0.0697 e. The summed E-state index contributed by atoms with van der Waals surface area (Å²) < 4.78 is 5.23. The Bertz CT molecular complexity index is 163. The zero-order chi connectivity index (χ0) is 14.2. The molecule has 0 heterocycles. The molecular formula is C16H34O2S. The Morgan fingerprint density at radius 1 is 0.789 bits per heavy atom. The minimum Gasteiger partial charge on any atom is -0.394 e. The summed E-state index contributed by atoms with van der Waals surface area (Å²) >= 11 is 2.09. The quantitative estimate of drug-likeness (QED) is 0.445. The van der Waals surface area contributed by atoms with E-state index in [1.807, 2.05) is 0 Å². The third-order valence-electron chi connectivity index (χ3n) is 3.12. The lowest BCUT2D eigenvalue weighted by molar-refractivity contribution is 0.0895. The van der Waals surface area contributed by atoms with Crippen LogP contribution in [0, 0.1) is 0 Å². The molecule has 0 amide bonds. The summed E-state index contributed by atoms with van der Waals surface area (Å²) in [5, 5.41) is 9.34. The van der Waals surface area contributed by atoms with Crippen molar-refractivity contribution in [2.45, 2.75) is 76.9 Å². The fraction of sp³-hybridized carbons (Fsp3) is 1.00. The van der Waals surface area contributed by atoms with Gasteiger partial charge in [0.15, 0.2) is 0 Å². The molecule has 0 radical (unpaired) electrons. The summed E-state index contributed by atoms with van der Waals surface area (Å²) in [6.07, 6.45) is 12.2. The molecule has 0 saturated carbocycles. The predicted octanol–water partition coefficient (Wildman–Crippen LogP) is 4.65. The highest BCUT2D eigenvalue weighted by Crippen LogP contribution is 2.14. The third kappa shape index (κ3) is 18.3. The van der Waals surface area contributed by atoms with E-state index >= 15 is 0 Å². The average Bonchev–Trinajstić information content (AvgIpc) is 2.39. The van der Waals surface area contributed by atoms with Crippen molar-refractivity contribution < 1.29 is 9.84 Å². The largest absolute Gasteiger partial charge is 0.394 e. The van der Waals surface area contributed by atoms with E-state index in [1.54, 1.807) is 0 Å². The Morgan fingerprint density at radius 3 is 1.84 bits per heavy atom. The second-order valence-corrected chi connectivity index (χ2v) is 7.12. The lowest BCUT2D eigenvalue weighted by Gasteiger charge is -2.05. The molecule has 0 aliphatic carbocycles. The highest BCUT2D eigenvalue weighted by molar-refractivity contribution is 7.99. The summed E-state index contributed by atoms with van der Waals surface area (Å²) in [7, 11) is 0. The summed E-state index contributed by atoms with van der Waals surface area (Å²) in [6.45, 7) is 6.01. The van der Waals surface area contributed by atoms with Gasteiger partial charge < -0.3 is 9.84 Å². The van der Waals surface area contributed by atoms with Gasteiger partial charge in [-0.2, -0.15) is 11.8 Å². The van der Waals surface area contributed by atoms with E-state index < -0.39 is 0 Å². The van der Waals surface area contributed by atoms with Gasteiger partial charge in [0.05, 0.1) is 13.2 Å². The number of thioether (sulfide) groups is 1. The van der Waals surface area contributed by atoms with Gasteiger partial charge in [0.25, 0.3) is 0 Å². The molecule has 0 aromatic carbocycles. The molecular weight excluding hydrogens is 256 g/mol. The molecule has 0 atom stereocenters. The molecule has 0 aromatic heterocycles. The lowest BCUT2D eigenvalue weighted by atomic mass is 10.1. The smallest absolute Gasteiger partial charge is 0.0697 e. The Kier molecular flexibility index (Phi) is 16.6. The molecule has 0 fully saturated rings. The summed E-state index contributed by atoms with van der Waals surface area (Å²) in [6, 6.07) is 0. The van der Waals surface area contributed by atoms with Crippen molar-refractivity contribution in [2.24, 2.45) is 0 Å². The van der Waals surface area contributed by atoms with E-state index in [-0.39, 0.29) is 6.61 Å². The van der Waals surface area contributed by atoms with Crippen molar-refractivity contribution in [2.75, 3.05) is 25.6 Å². The van der Waals surface area contributed by atoms with Gasteiger partial charge in [0.1, 0.15) is 0 Å². The van der Waals surface area contributed by atoms with E-state index in [4.69, 9.17) is 9.84 Å². The molecule has 0 bridgehead atoms. The SMILES string of the molecule is CC(C)SCCCCCCCCCCCOCCO. The predicted molar refractivity (Wildman–Crippen MR) is 87.1 cm³/mol. The van der Waals surface area contributed by atoms with Crippen LogP contribution in [0.1, 0.15) is 71.6 Å². The summed E-state index contributed by atoms with van der Waals surface area (Å²) in [4.78, 5) is 0. The second kappa shape index (κ2) is 16.3. The van der Waals surface area contributed by atoms with Crippen molar-refractivity contribution in [1.82, 2.24) is 0 Å². The Hall–Kier alpha value is 0.270. The first-order valence-corrected chi connectivity index (χ1v) is 9.12. The molecule has 0 rings (SSSR count). The molecule has 116 valence electrons. The van der Waals surface area contributed by atoms with Crippen LogP contribution in [-0.4, -0.2) is 35.9 Å². The first-order valence-electron chi connectivity index (χ1n) is 8.07. The van der Waals surface area contributed by atoms with Crippen LogP contribution < -0.4 is 0 Å². The van der Waals surface area contributed by atoms with E-state index in [9.17, 15) is 0 Å². The Morgan fingerprint density at radius 2 is 1.32 bits per heavy atom. The first-order chi connectivity index (χ1) is 9.27. The van der Waals surface area contributed by atoms with Crippen LogP contribution in [0.15, 0.2) is 0 Å².